The smallest absolute Gasteiger partial charge is 0.367 e. The highest BCUT2D eigenvalue weighted by molar-refractivity contribution is 5.77. The van der Waals surface area contributed by atoms with Crippen LogP contribution in [-0.4, -0.2) is 38.1 Å². The Morgan fingerprint density at radius 2 is 1.38 bits per heavy atom. The SMILES string of the molecule is O=C(COCC(F)(F)F)NCc1ccc(COCC(F)(F)F)cc1. The summed E-state index contributed by atoms with van der Waals surface area (Å²) in [6, 6.07) is 6.17. The van der Waals surface area contributed by atoms with E-state index in [4.69, 9.17) is 0 Å². The molecule has 0 saturated carbocycles. The Hall–Kier alpha value is -1.81. The Balaban J connectivity index is 2.28. The number of benzene rings is 1. The van der Waals surface area contributed by atoms with Gasteiger partial charge in [0.2, 0.25) is 5.91 Å². The lowest BCUT2D eigenvalue weighted by Gasteiger charge is -2.09. The quantitative estimate of drug-likeness (QED) is 0.726. The molecule has 0 unspecified atom stereocenters. The number of nitrogens with one attached hydrogen (secondary N) is 1. The molecule has 0 aromatic heterocycles. The summed E-state index contributed by atoms with van der Waals surface area (Å²) in [5.41, 5.74) is 1.14. The second kappa shape index (κ2) is 8.88. The molecular weight excluding hydrogens is 344 g/mol. The van der Waals surface area contributed by atoms with Crippen LogP contribution in [0.2, 0.25) is 0 Å². The molecule has 1 rings (SSSR count). The van der Waals surface area contributed by atoms with Gasteiger partial charge in [-0.3, -0.25) is 4.79 Å². The molecule has 1 aromatic rings. The normalized spacial score (nSPS) is 12.2. The minimum Gasteiger partial charge on any atom is -0.367 e. The molecule has 0 atom stereocenters. The third-order valence-corrected chi connectivity index (χ3v) is 2.55. The van der Waals surface area contributed by atoms with E-state index in [9.17, 15) is 31.1 Å². The van der Waals surface area contributed by atoms with Crippen LogP contribution in [-0.2, 0) is 27.4 Å². The average Bonchev–Trinajstić information content (AvgIpc) is 2.44. The molecule has 0 fully saturated rings. The fourth-order valence-corrected chi connectivity index (χ4v) is 1.55. The van der Waals surface area contributed by atoms with E-state index in [-0.39, 0.29) is 13.2 Å². The van der Waals surface area contributed by atoms with Gasteiger partial charge in [-0.05, 0) is 11.1 Å². The molecule has 0 saturated heterocycles. The molecule has 1 N–H and O–H groups in total. The maximum Gasteiger partial charge on any atom is 0.411 e. The fourth-order valence-electron chi connectivity index (χ4n) is 1.55. The third-order valence-electron chi connectivity index (χ3n) is 2.55. The van der Waals surface area contributed by atoms with Crippen molar-refractivity contribution in [1.29, 1.82) is 0 Å². The molecule has 0 aliphatic carbocycles. The van der Waals surface area contributed by atoms with Gasteiger partial charge in [-0.15, -0.1) is 0 Å². The summed E-state index contributed by atoms with van der Waals surface area (Å²) < 4.78 is 79.9. The highest BCUT2D eigenvalue weighted by Gasteiger charge is 2.28. The second-order valence-electron chi connectivity index (χ2n) is 4.81. The van der Waals surface area contributed by atoms with Gasteiger partial charge in [0.25, 0.3) is 0 Å². The molecule has 24 heavy (non-hydrogen) atoms. The summed E-state index contributed by atoms with van der Waals surface area (Å²) in [7, 11) is 0. The van der Waals surface area contributed by atoms with Crippen molar-refractivity contribution in [3.63, 3.8) is 0 Å². The van der Waals surface area contributed by atoms with Gasteiger partial charge in [0, 0.05) is 6.54 Å². The van der Waals surface area contributed by atoms with E-state index in [2.05, 4.69) is 14.8 Å². The standard InChI is InChI=1S/C14H15F6NO3/c15-13(16,17)8-23-6-11-3-1-10(2-4-11)5-21-12(22)7-24-9-14(18,19)20/h1-4H,5-9H2,(H,21,22). The summed E-state index contributed by atoms with van der Waals surface area (Å²) in [4.78, 5) is 11.3. The van der Waals surface area contributed by atoms with Crippen LogP contribution < -0.4 is 5.32 Å². The number of hydrogen-bond acceptors (Lipinski definition) is 3. The molecule has 0 heterocycles. The predicted molar refractivity (Wildman–Crippen MR) is 70.9 cm³/mol. The van der Waals surface area contributed by atoms with Crippen molar-refractivity contribution in [2.24, 2.45) is 0 Å². The van der Waals surface area contributed by atoms with E-state index < -0.39 is 38.1 Å². The van der Waals surface area contributed by atoms with E-state index >= 15 is 0 Å². The number of rotatable bonds is 8. The number of carbonyl (C=O) groups excluding carboxylic acids is 1. The summed E-state index contributed by atoms with van der Waals surface area (Å²) in [6.07, 6.45) is -8.89. The Labute approximate surface area is 133 Å². The number of alkyl halides is 6. The molecule has 0 radical (unpaired) electrons. The van der Waals surface area contributed by atoms with Crippen molar-refractivity contribution < 1.29 is 40.6 Å². The van der Waals surface area contributed by atoms with Crippen molar-refractivity contribution in [3.05, 3.63) is 35.4 Å². The first-order chi connectivity index (χ1) is 11.1. The van der Waals surface area contributed by atoms with Crippen molar-refractivity contribution in [2.45, 2.75) is 25.5 Å². The lowest BCUT2D eigenvalue weighted by Crippen LogP contribution is -2.29. The topological polar surface area (TPSA) is 47.6 Å². The molecule has 4 nitrogen and oxygen atoms in total. The zero-order valence-corrected chi connectivity index (χ0v) is 12.3. The Morgan fingerprint density at radius 1 is 0.875 bits per heavy atom. The zero-order chi connectivity index (χ0) is 18.2. The summed E-state index contributed by atoms with van der Waals surface area (Å²) in [6.45, 7) is -3.73. The summed E-state index contributed by atoms with van der Waals surface area (Å²) in [5, 5.41) is 2.36. The molecule has 1 amide bonds. The maximum atomic E-state index is 11.9. The first kappa shape index (κ1) is 20.2. The molecule has 0 bridgehead atoms. The largest absolute Gasteiger partial charge is 0.411 e. The molecule has 10 heteroatoms. The van der Waals surface area contributed by atoms with Gasteiger partial charge in [0.05, 0.1) is 6.61 Å². The third kappa shape index (κ3) is 10.1. The fraction of sp³-hybridized carbons (Fsp3) is 0.500. The lowest BCUT2D eigenvalue weighted by molar-refractivity contribution is -0.177. The molecule has 0 aliphatic heterocycles. The monoisotopic (exact) mass is 359 g/mol. The van der Waals surface area contributed by atoms with Gasteiger partial charge < -0.3 is 14.8 Å². The molecule has 1 aromatic carbocycles. The van der Waals surface area contributed by atoms with Crippen LogP contribution in [0, 0.1) is 0 Å². The number of halogens is 6. The first-order valence-electron chi connectivity index (χ1n) is 6.69. The van der Waals surface area contributed by atoms with Gasteiger partial charge in [-0.1, -0.05) is 24.3 Å². The second-order valence-corrected chi connectivity index (χ2v) is 4.81. The Kier molecular flexibility index (Phi) is 7.49. The van der Waals surface area contributed by atoms with Gasteiger partial charge in [-0.2, -0.15) is 26.3 Å². The van der Waals surface area contributed by atoms with Crippen LogP contribution >= 0.6 is 0 Å². The van der Waals surface area contributed by atoms with Crippen LogP contribution in [0.5, 0.6) is 0 Å². The van der Waals surface area contributed by atoms with E-state index in [0.717, 1.165) is 0 Å². The van der Waals surface area contributed by atoms with Crippen molar-refractivity contribution in [2.75, 3.05) is 19.8 Å². The Morgan fingerprint density at radius 3 is 1.92 bits per heavy atom. The van der Waals surface area contributed by atoms with Crippen molar-refractivity contribution in [1.82, 2.24) is 5.32 Å². The van der Waals surface area contributed by atoms with Crippen molar-refractivity contribution >= 4 is 5.91 Å². The maximum absolute atomic E-state index is 11.9. The number of amides is 1. The molecule has 0 spiro atoms. The van der Waals surface area contributed by atoms with E-state index in [1.54, 1.807) is 12.1 Å². The lowest BCUT2D eigenvalue weighted by atomic mass is 10.1. The van der Waals surface area contributed by atoms with E-state index in [1.165, 1.54) is 12.1 Å². The van der Waals surface area contributed by atoms with Gasteiger partial charge in [0.1, 0.15) is 19.8 Å². The summed E-state index contributed by atoms with van der Waals surface area (Å²) in [5.74, 6) is -0.711. The van der Waals surface area contributed by atoms with Crippen LogP contribution in [0.1, 0.15) is 11.1 Å². The first-order valence-corrected chi connectivity index (χ1v) is 6.69. The highest BCUT2D eigenvalue weighted by Crippen LogP contribution is 2.16. The van der Waals surface area contributed by atoms with Crippen molar-refractivity contribution in [3.8, 4) is 0 Å². The summed E-state index contributed by atoms with van der Waals surface area (Å²) >= 11 is 0. The van der Waals surface area contributed by atoms with Gasteiger partial charge in [0.15, 0.2) is 0 Å². The Bertz CT molecular complexity index is 513. The predicted octanol–water partition coefficient (Wildman–Crippen LogP) is 2.96. The van der Waals surface area contributed by atoms with Crippen LogP contribution in [0.25, 0.3) is 0 Å². The van der Waals surface area contributed by atoms with E-state index in [1.807, 2.05) is 0 Å². The highest BCUT2D eigenvalue weighted by atomic mass is 19.4. The van der Waals surface area contributed by atoms with Gasteiger partial charge >= 0.3 is 12.4 Å². The van der Waals surface area contributed by atoms with Crippen LogP contribution in [0.4, 0.5) is 26.3 Å². The molecular formula is C14H15F6NO3. The van der Waals surface area contributed by atoms with Gasteiger partial charge in [-0.25, -0.2) is 0 Å². The minimum absolute atomic E-state index is 0.0535. The number of carbonyl (C=O) groups is 1. The average molecular weight is 359 g/mol. The molecule has 0 aliphatic rings. The minimum atomic E-state index is -4.50. The number of ether oxygens (including phenoxy) is 2. The van der Waals surface area contributed by atoms with Crippen LogP contribution in [0.15, 0.2) is 24.3 Å². The zero-order valence-electron chi connectivity index (χ0n) is 12.3. The van der Waals surface area contributed by atoms with Crippen LogP contribution in [0.3, 0.4) is 0 Å². The molecule has 136 valence electrons. The number of hydrogen-bond donors (Lipinski definition) is 1. The van der Waals surface area contributed by atoms with E-state index in [0.29, 0.717) is 11.1 Å².